The second-order valence-electron chi connectivity index (χ2n) is 0.658. The molecular weight excluding hydrogens is 124 g/mol. The highest BCUT2D eigenvalue weighted by Crippen LogP contribution is 2.02. The van der Waals surface area contributed by atoms with E-state index in [1.165, 1.54) is 0 Å². The van der Waals surface area contributed by atoms with E-state index in [0.29, 0.717) is 0 Å². The minimum atomic E-state index is -3.47. The fourth-order valence-electron chi connectivity index (χ4n) is 0.0896. The lowest BCUT2D eigenvalue weighted by Crippen LogP contribution is -2.27. The van der Waals surface area contributed by atoms with Crippen molar-refractivity contribution in [2.75, 3.05) is 0 Å². The Balaban J connectivity index is 2.78. The third-order valence-electron chi connectivity index (χ3n) is 0.272. The van der Waals surface area contributed by atoms with Crippen molar-refractivity contribution in [3.05, 3.63) is 0 Å². The van der Waals surface area contributed by atoms with Gasteiger partial charge in [0, 0.05) is 0 Å². The molecule has 2 radical (unpaired) electrons. The zero-order valence-corrected chi connectivity index (χ0v) is 4.36. The summed E-state index contributed by atoms with van der Waals surface area (Å²) < 4.78 is 27.1. The van der Waals surface area contributed by atoms with Crippen LogP contribution in [0.25, 0.3) is 0 Å². The number of rotatable bonds is 0. The highest BCUT2D eigenvalue weighted by Gasteiger charge is 2.25. The van der Waals surface area contributed by atoms with Crippen LogP contribution in [0.15, 0.2) is 0 Å². The van der Waals surface area contributed by atoms with E-state index < -0.39 is 10.4 Å². The summed E-state index contributed by atoms with van der Waals surface area (Å²) in [4.78, 5) is 0. The van der Waals surface area contributed by atoms with E-state index in [2.05, 4.69) is 7.74 Å². The average molecular weight is 124 g/mol. The van der Waals surface area contributed by atoms with Crippen LogP contribution in [-0.2, 0) is 18.1 Å². The van der Waals surface area contributed by atoms with Crippen molar-refractivity contribution in [1.82, 2.24) is 0 Å². The molecule has 0 unspecified atom stereocenters. The first kappa shape index (κ1) is 4.25. The molecule has 1 rings (SSSR count). The van der Waals surface area contributed by atoms with E-state index in [4.69, 9.17) is 0 Å². The normalized spacial score (nSPS) is 28.7. The van der Waals surface area contributed by atoms with Gasteiger partial charge in [0.05, 0.1) is 0 Å². The summed E-state index contributed by atoms with van der Waals surface area (Å²) >= 11 is 0. The molecule has 6 heavy (non-hydrogen) atoms. The molecule has 1 fully saturated rings. The second-order valence-corrected chi connectivity index (χ2v) is 2.97. The third kappa shape index (κ3) is 0.595. The molecule has 0 spiro atoms. The Labute approximate surface area is 37.5 Å². The molecule has 1 aliphatic heterocycles. The summed E-state index contributed by atoms with van der Waals surface area (Å²) in [7, 11) is -3.78. The molecule has 0 saturated carbocycles. The van der Waals surface area contributed by atoms with Gasteiger partial charge < -0.3 is 0 Å². The minimum Gasteiger partial charge on any atom is -0.257 e. The third-order valence-corrected chi connectivity index (χ3v) is 2.45. The van der Waals surface area contributed by atoms with Crippen LogP contribution in [0.1, 0.15) is 0 Å². The highest BCUT2D eigenvalue weighted by molar-refractivity contribution is 7.85. The quantitative estimate of drug-likeness (QED) is 0.381. The first-order chi connectivity index (χ1) is 2.71. The molecule has 0 aromatic rings. The van der Waals surface area contributed by atoms with E-state index in [0.717, 1.165) is 0 Å². The van der Waals surface area contributed by atoms with Crippen LogP contribution < -0.4 is 0 Å². The maximum atomic E-state index is 9.65. The van der Waals surface area contributed by atoms with Crippen LogP contribution in [0.3, 0.4) is 0 Å². The van der Waals surface area contributed by atoms with Crippen LogP contribution in [0.2, 0.25) is 0 Å². The lowest BCUT2D eigenvalue weighted by molar-refractivity contribution is 0.313. The topological polar surface area (TPSA) is 52.6 Å². The van der Waals surface area contributed by atoms with E-state index in [1.807, 2.05) is 0 Å². The highest BCUT2D eigenvalue weighted by atomic mass is 32.3. The Morgan fingerprint density at radius 3 is 1.67 bits per heavy atom. The Bertz CT molecular complexity index is 122. The van der Waals surface area contributed by atoms with Crippen molar-refractivity contribution < 1.29 is 16.2 Å². The van der Waals surface area contributed by atoms with Crippen molar-refractivity contribution >= 4 is 20.4 Å². The largest absolute Gasteiger partial charge is 0.473 e. The van der Waals surface area contributed by atoms with Gasteiger partial charge in [-0.05, 0) is 0 Å². The Morgan fingerprint density at radius 1 is 1.33 bits per heavy atom. The zero-order chi connectivity index (χ0) is 4.62. The summed E-state index contributed by atoms with van der Waals surface area (Å²) in [6.45, 7) is 0. The molecule has 0 aromatic carbocycles. The van der Waals surface area contributed by atoms with Crippen LogP contribution in [0.4, 0.5) is 0 Å². The van der Waals surface area contributed by atoms with Crippen LogP contribution in [0.5, 0.6) is 0 Å². The van der Waals surface area contributed by atoms with Gasteiger partial charge in [-0.2, -0.15) is 8.42 Å². The van der Waals surface area contributed by atoms with E-state index in [9.17, 15) is 8.42 Å². The van der Waals surface area contributed by atoms with Gasteiger partial charge in [-0.1, -0.05) is 0 Å². The molecule has 0 aromatic heterocycles. The molecule has 0 bridgehead atoms. The van der Waals surface area contributed by atoms with Gasteiger partial charge in [0.15, 0.2) is 0 Å². The SMILES string of the molecule is O=S1(=O)O[Si]O1. The summed E-state index contributed by atoms with van der Waals surface area (Å²) in [5, 5.41) is 0. The zero-order valence-electron chi connectivity index (χ0n) is 2.54. The van der Waals surface area contributed by atoms with Gasteiger partial charge in [0.25, 0.3) is 0 Å². The molecule has 0 N–H and O–H groups in total. The van der Waals surface area contributed by atoms with Gasteiger partial charge in [0.2, 0.25) is 0 Å². The molecular formula is O4SSi. The number of hydrogen-bond acceptors (Lipinski definition) is 4. The molecule has 0 aliphatic carbocycles. The first-order valence-electron chi connectivity index (χ1n) is 1.07. The smallest absolute Gasteiger partial charge is 0.257 e. The summed E-state index contributed by atoms with van der Waals surface area (Å²) in [5.74, 6) is 0. The Kier molecular flexibility index (Phi) is 0.729. The fourth-order valence-corrected chi connectivity index (χ4v) is 0.806. The molecule has 0 atom stereocenters. The second kappa shape index (κ2) is 1.03. The standard InChI is InChI=1S/O4SSi/c1-5(2)3-6-4-5. The Morgan fingerprint density at radius 2 is 1.67 bits per heavy atom. The van der Waals surface area contributed by atoms with Crippen molar-refractivity contribution in [2.24, 2.45) is 0 Å². The lowest BCUT2D eigenvalue weighted by Gasteiger charge is -2.07. The summed E-state index contributed by atoms with van der Waals surface area (Å²) in [6.07, 6.45) is 0. The molecule has 1 aliphatic rings. The van der Waals surface area contributed by atoms with E-state index in [-0.39, 0.29) is 10.0 Å². The van der Waals surface area contributed by atoms with Gasteiger partial charge in [-0.25, -0.2) is 0 Å². The first-order valence-corrected chi connectivity index (χ1v) is 3.22. The van der Waals surface area contributed by atoms with Crippen LogP contribution in [0, 0.1) is 0 Å². The Hall–Kier alpha value is 0.0869. The molecule has 34 valence electrons. The predicted molar refractivity (Wildman–Crippen MR) is 16.8 cm³/mol. The molecule has 1 saturated heterocycles. The monoisotopic (exact) mass is 124 g/mol. The van der Waals surface area contributed by atoms with Gasteiger partial charge >= 0.3 is 20.4 Å². The van der Waals surface area contributed by atoms with Crippen molar-refractivity contribution in [1.29, 1.82) is 0 Å². The van der Waals surface area contributed by atoms with Crippen LogP contribution in [-0.4, -0.2) is 18.4 Å². The van der Waals surface area contributed by atoms with Gasteiger partial charge in [-0.3, -0.25) is 7.74 Å². The van der Waals surface area contributed by atoms with E-state index in [1.54, 1.807) is 0 Å². The molecule has 1 heterocycles. The van der Waals surface area contributed by atoms with Crippen molar-refractivity contribution in [3.8, 4) is 0 Å². The van der Waals surface area contributed by atoms with Crippen LogP contribution >= 0.6 is 0 Å². The maximum absolute atomic E-state index is 9.65. The lowest BCUT2D eigenvalue weighted by atomic mass is 15.7. The van der Waals surface area contributed by atoms with E-state index >= 15 is 0 Å². The van der Waals surface area contributed by atoms with Crippen molar-refractivity contribution in [3.63, 3.8) is 0 Å². The fraction of sp³-hybridized carbons (Fsp3) is 0. The molecule has 0 amide bonds. The molecule has 6 heteroatoms. The predicted octanol–water partition coefficient (Wildman–Crippen LogP) is -1.19. The summed E-state index contributed by atoms with van der Waals surface area (Å²) in [6, 6.07) is 0. The molecule has 4 nitrogen and oxygen atoms in total. The minimum absolute atomic E-state index is 0.316. The van der Waals surface area contributed by atoms with Crippen molar-refractivity contribution in [2.45, 2.75) is 0 Å². The summed E-state index contributed by atoms with van der Waals surface area (Å²) in [5.41, 5.74) is 0. The average Bonchev–Trinajstić information content (AvgIpc) is 1.32. The maximum Gasteiger partial charge on any atom is 0.473 e. The van der Waals surface area contributed by atoms with Gasteiger partial charge in [0.1, 0.15) is 0 Å². The van der Waals surface area contributed by atoms with Gasteiger partial charge in [-0.15, -0.1) is 0 Å². The number of hydrogen-bond donors (Lipinski definition) is 0.